The average molecular weight is 331 g/mol. The molecule has 2 aromatic heterocycles. The van der Waals surface area contributed by atoms with E-state index in [4.69, 9.17) is 16.3 Å². The molecule has 1 aliphatic heterocycles. The molecule has 1 amide bonds. The van der Waals surface area contributed by atoms with Crippen molar-refractivity contribution in [2.45, 2.75) is 38.2 Å². The van der Waals surface area contributed by atoms with Gasteiger partial charge in [0.25, 0.3) is 0 Å². The summed E-state index contributed by atoms with van der Waals surface area (Å²) in [5, 5.41) is 0.123. The molecule has 1 saturated carbocycles. The van der Waals surface area contributed by atoms with Crippen molar-refractivity contribution in [3.05, 3.63) is 35.4 Å². The van der Waals surface area contributed by atoms with Crippen LogP contribution in [0.4, 0.5) is 11.5 Å². The monoisotopic (exact) mass is 330 g/mol. The van der Waals surface area contributed by atoms with Gasteiger partial charge in [0, 0.05) is 17.8 Å². The maximum absolute atomic E-state index is 12.3. The first-order valence-electron chi connectivity index (χ1n) is 7.68. The summed E-state index contributed by atoms with van der Waals surface area (Å²) in [7, 11) is 0. The van der Waals surface area contributed by atoms with Crippen LogP contribution < -0.4 is 9.64 Å². The normalized spacial score (nSPS) is 17.6. The fourth-order valence-electron chi connectivity index (χ4n) is 3.07. The Labute approximate surface area is 138 Å². The number of anilines is 2. The van der Waals surface area contributed by atoms with E-state index in [1.807, 2.05) is 6.07 Å². The fraction of sp³-hybridized carbons (Fsp3) is 0.375. The van der Waals surface area contributed by atoms with Crippen molar-refractivity contribution in [2.75, 3.05) is 4.90 Å². The van der Waals surface area contributed by atoms with Crippen LogP contribution in [0.25, 0.3) is 0 Å². The lowest BCUT2D eigenvalue weighted by Crippen LogP contribution is -2.21. The molecule has 0 N–H and O–H groups in total. The molecule has 4 rings (SSSR count). The SMILES string of the molecule is O=C1Cc2cnc(Cl)nc2N1c1ccc(OC2CCCC2)nc1. The zero-order valence-electron chi connectivity index (χ0n) is 12.4. The Balaban J connectivity index is 1.58. The molecule has 2 aromatic rings. The van der Waals surface area contributed by atoms with Gasteiger partial charge in [-0.1, -0.05) is 0 Å². The van der Waals surface area contributed by atoms with Crippen molar-refractivity contribution in [2.24, 2.45) is 0 Å². The summed E-state index contributed by atoms with van der Waals surface area (Å²) in [5.41, 5.74) is 1.42. The van der Waals surface area contributed by atoms with Crippen molar-refractivity contribution in [3.8, 4) is 5.88 Å². The minimum absolute atomic E-state index is 0.0668. The maximum Gasteiger partial charge on any atom is 0.237 e. The van der Waals surface area contributed by atoms with Gasteiger partial charge in [-0.05, 0) is 43.4 Å². The summed E-state index contributed by atoms with van der Waals surface area (Å²) in [4.78, 5) is 26.2. The topological polar surface area (TPSA) is 68.2 Å². The molecule has 1 fully saturated rings. The highest BCUT2D eigenvalue weighted by atomic mass is 35.5. The number of hydrogen-bond donors (Lipinski definition) is 0. The number of halogens is 1. The first-order valence-corrected chi connectivity index (χ1v) is 8.05. The minimum Gasteiger partial charge on any atom is -0.474 e. The predicted molar refractivity (Wildman–Crippen MR) is 85.0 cm³/mol. The average Bonchev–Trinajstić information content (AvgIpc) is 3.15. The molecule has 1 aliphatic carbocycles. The summed E-state index contributed by atoms with van der Waals surface area (Å²) in [6, 6.07) is 3.61. The Morgan fingerprint density at radius 3 is 2.74 bits per heavy atom. The number of carbonyl (C=O) groups is 1. The van der Waals surface area contributed by atoms with Gasteiger partial charge in [0.05, 0.1) is 18.3 Å². The van der Waals surface area contributed by atoms with Gasteiger partial charge in [-0.3, -0.25) is 9.69 Å². The first kappa shape index (κ1) is 14.4. The third-order valence-electron chi connectivity index (χ3n) is 4.18. The van der Waals surface area contributed by atoms with Gasteiger partial charge in [-0.25, -0.2) is 9.97 Å². The third-order valence-corrected chi connectivity index (χ3v) is 4.37. The lowest BCUT2D eigenvalue weighted by Gasteiger charge is -2.17. The van der Waals surface area contributed by atoms with Crippen molar-refractivity contribution in [1.82, 2.24) is 15.0 Å². The molecule has 0 atom stereocenters. The smallest absolute Gasteiger partial charge is 0.237 e. The zero-order chi connectivity index (χ0) is 15.8. The van der Waals surface area contributed by atoms with Crippen molar-refractivity contribution in [3.63, 3.8) is 0 Å². The van der Waals surface area contributed by atoms with Crippen LogP contribution >= 0.6 is 11.6 Å². The van der Waals surface area contributed by atoms with E-state index < -0.39 is 0 Å². The standard InChI is InChI=1S/C16H15ClN4O2/c17-16-19-8-10-7-14(22)21(15(10)20-16)11-5-6-13(18-9-11)23-12-3-1-2-4-12/h5-6,8-9,12H,1-4,7H2. The van der Waals surface area contributed by atoms with Gasteiger partial charge < -0.3 is 4.74 Å². The largest absolute Gasteiger partial charge is 0.474 e. The summed E-state index contributed by atoms with van der Waals surface area (Å²) in [6.07, 6.45) is 8.33. The second-order valence-corrected chi connectivity index (χ2v) is 6.11. The van der Waals surface area contributed by atoms with E-state index in [-0.39, 0.29) is 23.7 Å². The Morgan fingerprint density at radius 1 is 1.17 bits per heavy atom. The van der Waals surface area contributed by atoms with Crippen molar-refractivity contribution in [1.29, 1.82) is 0 Å². The van der Waals surface area contributed by atoms with Crippen LogP contribution in [-0.4, -0.2) is 27.0 Å². The molecule has 7 heteroatoms. The Bertz CT molecular complexity index is 744. The summed E-state index contributed by atoms with van der Waals surface area (Å²) < 4.78 is 5.85. The van der Waals surface area contributed by atoms with Crippen LogP contribution in [-0.2, 0) is 11.2 Å². The van der Waals surface area contributed by atoms with Gasteiger partial charge in [0.2, 0.25) is 17.1 Å². The number of carbonyl (C=O) groups excluding carboxylic acids is 1. The van der Waals surface area contributed by atoms with E-state index in [0.717, 1.165) is 18.4 Å². The van der Waals surface area contributed by atoms with Gasteiger partial charge in [0.15, 0.2) is 0 Å². The van der Waals surface area contributed by atoms with E-state index in [2.05, 4.69) is 15.0 Å². The van der Waals surface area contributed by atoms with E-state index in [0.29, 0.717) is 17.4 Å². The quantitative estimate of drug-likeness (QED) is 0.809. The number of fused-ring (bicyclic) bond motifs is 1. The molecule has 3 heterocycles. The van der Waals surface area contributed by atoms with Gasteiger partial charge >= 0.3 is 0 Å². The number of pyridine rings is 1. The number of rotatable bonds is 3. The molecule has 0 aromatic carbocycles. The van der Waals surface area contributed by atoms with Crippen LogP contribution in [0.2, 0.25) is 5.28 Å². The molecular weight excluding hydrogens is 316 g/mol. The molecule has 118 valence electrons. The van der Waals surface area contributed by atoms with Crippen molar-refractivity contribution >= 4 is 29.0 Å². The summed E-state index contributed by atoms with van der Waals surface area (Å²) >= 11 is 5.85. The summed E-state index contributed by atoms with van der Waals surface area (Å²) in [5.74, 6) is 1.05. The van der Waals surface area contributed by atoms with Crippen LogP contribution in [0.3, 0.4) is 0 Å². The molecule has 0 radical (unpaired) electrons. The number of nitrogens with zero attached hydrogens (tertiary/aromatic N) is 4. The van der Waals surface area contributed by atoms with E-state index in [1.54, 1.807) is 18.5 Å². The number of hydrogen-bond acceptors (Lipinski definition) is 5. The third kappa shape index (κ3) is 2.74. The highest BCUT2D eigenvalue weighted by molar-refractivity contribution is 6.28. The van der Waals surface area contributed by atoms with Gasteiger partial charge in [-0.2, -0.15) is 4.98 Å². The molecule has 0 saturated heterocycles. The van der Waals surface area contributed by atoms with Crippen molar-refractivity contribution < 1.29 is 9.53 Å². The molecule has 6 nitrogen and oxygen atoms in total. The molecule has 0 spiro atoms. The lowest BCUT2D eigenvalue weighted by molar-refractivity contribution is -0.116. The fourth-order valence-corrected chi connectivity index (χ4v) is 3.20. The van der Waals surface area contributed by atoms with Gasteiger partial charge in [0.1, 0.15) is 11.9 Å². The molecular formula is C16H15ClN4O2. The minimum atomic E-state index is -0.0668. The van der Waals surface area contributed by atoms with Crippen LogP contribution in [0, 0.1) is 0 Å². The highest BCUT2D eigenvalue weighted by Gasteiger charge is 2.31. The van der Waals surface area contributed by atoms with E-state index in [9.17, 15) is 4.79 Å². The van der Waals surface area contributed by atoms with Crippen LogP contribution in [0.15, 0.2) is 24.5 Å². The Kier molecular flexibility index (Phi) is 3.61. The number of amides is 1. The first-order chi connectivity index (χ1) is 11.2. The Hall–Kier alpha value is -2.21. The molecule has 2 aliphatic rings. The number of ether oxygens (including phenoxy) is 1. The second kappa shape index (κ2) is 5.77. The maximum atomic E-state index is 12.3. The highest BCUT2D eigenvalue weighted by Crippen LogP contribution is 2.34. The Morgan fingerprint density at radius 2 is 2.00 bits per heavy atom. The van der Waals surface area contributed by atoms with Gasteiger partial charge in [-0.15, -0.1) is 0 Å². The lowest BCUT2D eigenvalue weighted by atomic mass is 10.3. The van der Waals surface area contributed by atoms with Crippen LogP contribution in [0.5, 0.6) is 5.88 Å². The van der Waals surface area contributed by atoms with E-state index in [1.165, 1.54) is 17.7 Å². The summed E-state index contributed by atoms with van der Waals surface area (Å²) in [6.45, 7) is 0. The van der Waals surface area contributed by atoms with E-state index >= 15 is 0 Å². The molecule has 23 heavy (non-hydrogen) atoms. The van der Waals surface area contributed by atoms with Crippen LogP contribution in [0.1, 0.15) is 31.2 Å². The predicted octanol–water partition coefficient (Wildman–Crippen LogP) is 3.07. The number of aromatic nitrogens is 3. The molecule has 0 unspecified atom stereocenters. The molecule has 0 bridgehead atoms. The second-order valence-electron chi connectivity index (χ2n) is 5.77. The zero-order valence-corrected chi connectivity index (χ0v) is 13.2.